The lowest BCUT2D eigenvalue weighted by atomic mass is 9.89. The minimum absolute atomic E-state index is 0.0700. The Kier molecular flexibility index (Phi) is 3.83. The standard InChI is InChI=1S/C12H15FO2/c1-8(9(2)12(14)15)7-10-5-3-4-6-11(10)13/h3-6,8-9H,7H2,1-2H3,(H,14,15). The summed E-state index contributed by atoms with van der Waals surface area (Å²) in [6, 6.07) is 6.48. The Labute approximate surface area is 88.7 Å². The van der Waals surface area contributed by atoms with Crippen molar-refractivity contribution in [3.05, 3.63) is 35.6 Å². The van der Waals surface area contributed by atoms with E-state index in [1.807, 2.05) is 6.92 Å². The van der Waals surface area contributed by atoms with Crippen LogP contribution in [0.25, 0.3) is 0 Å². The predicted molar refractivity (Wildman–Crippen MR) is 56.1 cm³/mol. The number of benzene rings is 1. The van der Waals surface area contributed by atoms with Gasteiger partial charge in [0.1, 0.15) is 5.82 Å². The van der Waals surface area contributed by atoms with Gasteiger partial charge >= 0.3 is 5.97 Å². The molecule has 1 aromatic carbocycles. The van der Waals surface area contributed by atoms with Crippen LogP contribution in [0, 0.1) is 17.7 Å². The van der Waals surface area contributed by atoms with Crippen LogP contribution in [0.1, 0.15) is 19.4 Å². The highest BCUT2D eigenvalue weighted by Gasteiger charge is 2.20. The Bertz CT molecular complexity index is 349. The zero-order valence-electron chi connectivity index (χ0n) is 8.90. The van der Waals surface area contributed by atoms with E-state index in [0.29, 0.717) is 12.0 Å². The van der Waals surface area contributed by atoms with Gasteiger partial charge in [-0.2, -0.15) is 0 Å². The maximum atomic E-state index is 13.3. The molecule has 0 aliphatic heterocycles. The number of halogens is 1. The molecule has 1 aromatic rings. The first-order valence-electron chi connectivity index (χ1n) is 4.98. The first-order chi connectivity index (χ1) is 7.02. The van der Waals surface area contributed by atoms with Crippen molar-refractivity contribution in [1.82, 2.24) is 0 Å². The summed E-state index contributed by atoms with van der Waals surface area (Å²) in [5, 5.41) is 8.81. The lowest BCUT2D eigenvalue weighted by Crippen LogP contribution is -2.20. The van der Waals surface area contributed by atoms with Crippen LogP contribution in [0.5, 0.6) is 0 Å². The third-order valence-corrected chi connectivity index (χ3v) is 2.74. The van der Waals surface area contributed by atoms with Gasteiger partial charge in [0, 0.05) is 0 Å². The van der Waals surface area contributed by atoms with E-state index >= 15 is 0 Å². The molecule has 2 nitrogen and oxygen atoms in total. The molecule has 2 unspecified atom stereocenters. The molecule has 15 heavy (non-hydrogen) atoms. The number of hydrogen-bond acceptors (Lipinski definition) is 1. The topological polar surface area (TPSA) is 37.3 Å². The highest BCUT2D eigenvalue weighted by atomic mass is 19.1. The minimum Gasteiger partial charge on any atom is -0.481 e. The molecule has 0 heterocycles. The van der Waals surface area contributed by atoms with Gasteiger partial charge in [-0.25, -0.2) is 4.39 Å². The summed E-state index contributed by atoms with van der Waals surface area (Å²) >= 11 is 0. The molecule has 0 radical (unpaired) electrons. The number of carboxylic acid groups (broad SMARTS) is 1. The van der Waals surface area contributed by atoms with Crippen LogP contribution in [0.2, 0.25) is 0 Å². The van der Waals surface area contributed by atoms with E-state index in [1.165, 1.54) is 6.07 Å². The van der Waals surface area contributed by atoms with Gasteiger partial charge in [-0.15, -0.1) is 0 Å². The third-order valence-electron chi connectivity index (χ3n) is 2.74. The molecule has 1 rings (SSSR count). The van der Waals surface area contributed by atoms with Crippen molar-refractivity contribution in [2.45, 2.75) is 20.3 Å². The second-order valence-corrected chi connectivity index (χ2v) is 3.90. The van der Waals surface area contributed by atoms with Gasteiger partial charge in [-0.05, 0) is 24.0 Å². The lowest BCUT2D eigenvalue weighted by Gasteiger charge is -2.16. The summed E-state index contributed by atoms with van der Waals surface area (Å²) in [4.78, 5) is 10.7. The normalized spacial score (nSPS) is 14.6. The Hall–Kier alpha value is -1.38. The van der Waals surface area contributed by atoms with E-state index in [-0.39, 0.29) is 11.7 Å². The smallest absolute Gasteiger partial charge is 0.306 e. The van der Waals surface area contributed by atoms with Crippen molar-refractivity contribution in [3.63, 3.8) is 0 Å². The van der Waals surface area contributed by atoms with Gasteiger partial charge < -0.3 is 5.11 Å². The monoisotopic (exact) mass is 210 g/mol. The van der Waals surface area contributed by atoms with Crippen LogP contribution in [0.3, 0.4) is 0 Å². The molecule has 0 aliphatic carbocycles. The summed E-state index contributed by atoms with van der Waals surface area (Å²) in [5.74, 6) is -1.62. The number of carbonyl (C=O) groups is 1. The van der Waals surface area contributed by atoms with Crippen molar-refractivity contribution >= 4 is 5.97 Å². The zero-order chi connectivity index (χ0) is 11.4. The fraction of sp³-hybridized carbons (Fsp3) is 0.417. The van der Waals surface area contributed by atoms with Crippen LogP contribution in [-0.4, -0.2) is 11.1 Å². The Balaban J connectivity index is 2.70. The maximum absolute atomic E-state index is 13.3. The summed E-state index contributed by atoms with van der Waals surface area (Å²) in [6.07, 6.45) is 0.458. The Morgan fingerprint density at radius 1 is 1.40 bits per heavy atom. The molecule has 82 valence electrons. The average molecular weight is 210 g/mol. The van der Waals surface area contributed by atoms with E-state index in [1.54, 1.807) is 25.1 Å². The van der Waals surface area contributed by atoms with E-state index in [0.717, 1.165) is 0 Å². The summed E-state index contributed by atoms with van der Waals surface area (Å²) in [5.41, 5.74) is 0.582. The van der Waals surface area contributed by atoms with E-state index < -0.39 is 11.9 Å². The first-order valence-corrected chi connectivity index (χ1v) is 4.98. The maximum Gasteiger partial charge on any atom is 0.306 e. The van der Waals surface area contributed by atoms with Gasteiger partial charge in [0.05, 0.1) is 5.92 Å². The highest BCUT2D eigenvalue weighted by molar-refractivity contribution is 5.69. The van der Waals surface area contributed by atoms with E-state index in [9.17, 15) is 9.18 Å². The fourth-order valence-electron chi connectivity index (χ4n) is 1.43. The van der Waals surface area contributed by atoms with Crippen molar-refractivity contribution in [2.75, 3.05) is 0 Å². The molecule has 0 aromatic heterocycles. The molecule has 2 atom stereocenters. The molecule has 0 saturated carbocycles. The van der Waals surface area contributed by atoms with Gasteiger partial charge in [0.15, 0.2) is 0 Å². The molecule has 0 amide bonds. The molecule has 0 spiro atoms. The molecule has 3 heteroatoms. The molecule has 0 bridgehead atoms. The van der Waals surface area contributed by atoms with Crippen LogP contribution < -0.4 is 0 Å². The van der Waals surface area contributed by atoms with Gasteiger partial charge in [0.25, 0.3) is 0 Å². The SMILES string of the molecule is CC(Cc1ccccc1F)C(C)C(=O)O. The Morgan fingerprint density at radius 2 is 2.00 bits per heavy atom. The quantitative estimate of drug-likeness (QED) is 0.829. The van der Waals surface area contributed by atoms with Crippen molar-refractivity contribution in [3.8, 4) is 0 Å². The number of hydrogen-bond donors (Lipinski definition) is 1. The van der Waals surface area contributed by atoms with E-state index in [2.05, 4.69) is 0 Å². The Morgan fingerprint density at radius 3 is 2.53 bits per heavy atom. The highest BCUT2D eigenvalue weighted by Crippen LogP contribution is 2.19. The van der Waals surface area contributed by atoms with Gasteiger partial charge in [-0.1, -0.05) is 32.0 Å². The van der Waals surface area contributed by atoms with Gasteiger partial charge in [0.2, 0.25) is 0 Å². The van der Waals surface area contributed by atoms with Gasteiger partial charge in [-0.3, -0.25) is 4.79 Å². The second kappa shape index (κ2) is 4.91. The largest absolute Gasteiger partial charge is 0.481 e. The fourth-order valence-corrected chi connectivity index (χ4v) is 1.43. The zero-order valence-corrected chi connectivity index (χ0v) is 8.90. The number of carboxylic acids is 1. The molecule has 1 N–H and O–H groups in total. The third kappa shape index (κ3) is 3.05. The number of rotatable bonds is 4. The van der Waals surface area contributed by atoms with Crippen LogP contribution in [0.15, 0.2) is 24.3 Å². The summed E-state index contributed by atoms with van der Waals surface area (Å²) < 4.78 is 13.3. The van der Waals surface area contributed by atoms with E-state index in [4.69, 9.17) is 5.11 Å². The first kappa shape index (κ1) is 11.7. The van der Waals surface area contributed by atoms with Crippen molar-refractivity contribution in [2.24, 2.45) is 11.8 Å². The lowest BCUT2D eigenvalue weighted by molar-refractivity contribution is -0.142. The molecular formula is C12H15FO2. The van der Waals surface area contributed by atoms with Crippen LogP contribution in [-0.2, 0) is 11.2 Å². The molecule has 0 fully saturated rings. The van der Waals surface area contributed by atoms with Crippen molar-refractivity contribution < 1.29 is 14.3 Å². The summed E-state index contributed by atoms with van der Waals surface area (Å²) in [6.45, 7) is 3.47. The molecule has 0 aliphatic rings. The predicted octanol–water partition coefficient (Wildman–Crippen LogP) is 2.73. The molecular weight excluding hydrogens is 195 g/mol. The molecule has 0 saturated heterocycles. The average Bonchev–Trinajstić information content (AvgIpc) is 2.20. The minimum atomic E-state index is -0.834. The second-order valence-electron chi connectivity index (χ2n) is 3.90. The summed E-state index contributed by atoms with van der Waals surface area (Å²) in [7, 11) is 0. The number of aliphatic carboxylic acids is 1. The van der Waals surface area contributed by atoms with Crippen LogP contribution in [0.4, 0.5) is 4.39 Å². The van der Waals surface area contributed by atoms with Crippen molar-refractivity contribution in [1.29, 1.82) is 0 Å². The van der Waals surface area contributed by atoms with Crippen LogP contribution >= 0.6 is 0 Å².